The standard InChI is InChI=1S/C21H22N4O2/c1-13-4-5-17(14(2)10-13)21(26)25-11-15(3)18(12-25)20-23-19(24-27-20)16-6-8-22-9-7-16/h4-10,15,18H,11-12H2,1-3H3/t15-,18-/m0/s1. The van der Waals surface area contributed by atoms with Gasteiger partial charge in [-0.2, -0.15) is 4.98 Å². The van der Waals surface area contributed by atoms with Crippen molar-refractivity contribution in [3.63, 3.8) is 0 Å². The lowest BCUT2D eigenvalue weighted by Gasteiger charge is -2.17. The number of pyridine rings is 1. The summed E-state index contributed by atoms with van der Waals surface area (Å²) < 4.78 is 5.53. The van der Waals surface area contributed by atoms with Crippen LogP contribution >= 0.6 is 0 Å². The fourth-order valence-corrected chi connectivity index (χ4v) is 3.68. The van der Waals surface area contributed by atoms with E-state index in [0.29, 0.717) is 24.8 Å². The predicted molar refractivity (Wildman–Crippen MR) is 101 cm³/mol. The zero-order valence-corrected chi connectivity index (χ0v) is 15.7. The van der Waals surface area contributed by atoms with E-state index in [1.807, 2.05) is 49.1 Å². The molecule has 3 aromatic rings. The molecule has 1 fully saturated rings. The first-order valence-electron chi connectivity index (χ1n) is 9.13. The number of benzene rings is 1. The van der Waals surface area contributed by atoms with Crippen LogP contribution in [0.3, 0.4) is 0 Å². The maximum Gasteiger partial charge on any atom is 0.254 e. The Morgan fingerprint density at radius 2 is 1.93 bits per heavy atom. The maximum absolute atomic E-state index is 13.0. The van der Waals surface area contributed by atoms with Crippen LogP contribution in [0.1, 0.15) is 40.2 Å². The maximum atomic E-state index is 13.0. The SMILES string of the molecule is Cc1ccc(C(=O)N2C[C@H](c3nc(-c4ccncc4)no3)[C@@H](C)C2)c(C)c1. The normalized spacial score (nSPS) is 19.4. The van der Waals surface area contributed by atoms with Gasteiger partial charge in [0, 0.05) is 36.6 Å². The Labute approximate surface area is 158 Å². The first-order valence-corrected chi connectivity index (χ1v) is 9.13. The van der Waals surface area contributed by atoms with Crippen LogP contribution in [-0.4, -0.2) is 39.0 Å². The number of hydrogen-bond acceptors (Lipinski definition) is 5. The number of aromatic nitrogens is 3. The van der Waals surface area contributed by atoms with E-state index in [4.69, 9.17) is 4.52 Å². The minimum Gasteiger partial charge on any atom is -0.339 e. The Balaban J connectivity index is 1.53. The molecule has 1 aromatic carbocycles. The fraction of sp³-hybridized carbons (Fsp3) is 0.333. The second-order valence-electron chi connectivity index (χ2n) is 7.30. The predicted octanol–water partition coefficient (Wildman–Crippen LogP) is 3.62. The van der Waals surface area contributed by atoms with E-state index in [9.17, 15) is 4.79 Å². The van der Waals surface area contributed by atoms with E-state index < -0.39 is 0 Å². The Hall–Kier alpha value is -3.02. The van der Waals surface area contributed by atoms with E-state index in [1.165, 1.54) is 0 Å². The van der Waals surface area contributed by atoms with E-state index >= 15 is 0 Å². The van der Waals surface area contributed by atoms with E-state index in [2.05, 4.69) is 22.0 Å². The van der Waals surface area contributed by atoms with Gasteiger partial charge < -0.3 is 9.42 Å². The lowest BCUT2D eigenvalue weighted by molar-refractivity contribution is 0.0785. The van der Waals surface area contributed by atoms with E-state index in [1.54, 1.807) is 12.4 Å². The van der Waals surface area contributed by atoms with Crippen LogP contribution in [-0.2, 0) is 0 Å². The molecule has 6 heteroatoms. The third-order valence-electron chi connectivity index (χ3n) is 5.21. The van der Waals surface area contributed by atoms with Crippen LogP contribution in [0.15, 0.2) is 47.2 Å². The van der Waals surface area contributed by atoms with E-state index in [-0.39, 0.29) is 17.7 Å². The highest BCUT2D eigenvalue weighted by Crippen LogP contribution is 2.33. The van der Waals surface area contributed by atoms with Crippen molar-refractivity contribution in [2.24, 2.45) is 5.92 Å². The van der Waals surface area contributed by atoms with Crippen molar-refractivity contribution in [2.75, 3.05) is 13.1 Å². The molecule has 6 nitrogen and oxygen atoms in total. The average Bonchev–Trinajstić information content (AvgIpc) is 3.29. The third-order valence-corrected chi connectivity index (χ3v) is 5.21. The molecule has 1 aliphatic heterocycles. The van der Waals surface area contributed by atoms with Crippen molar-refractivity contribution in [3.8, 4) is 11.4 Å². The molecule has 1 amide bonds. The van der Waals surface area contributed by atoms with Crippen LogP contribution in [0.2, 0.25) is 0 Å². The summed E-state index contributed by atoms with van der Waals surface area (Å²) in [4.78, 5) is 23.4. The quantitative estimate of drug-likeness (QED) is 0.711. The van der Waals surface area contributed by atoms with Crippen molar-refractivity contribution in [3.05, 3.63) is 65.3 Å². The molecule has 2 atom stereocenters. The number of amides is 1. The van der Waals surface area contributed by atoms with Gasteiger partial charge in [-0.15, -0.1) is 0 Å². The van der Waals surface area contributed by atoms with Gasteiger partial charge in [0.2, 0.25) is 11.7 Å². The highest BCUT2D eigenvalue weighted by Gasteiger charge is 2.37. The fourth-order valence-electron chi connectivity index (χ4n) is 3.68. The molecular weight excluding hydrogens is 340 g/mol. The van der Waals surface area contributed by atoms with Gasteiger partial charge in [-0.1, -0.05) is 29.8 Å². The molecule has 0 saturated carbocycles. The topological polar surface area (TPSA) is 72.1 Å². The number of hydrogen-bond donors (Lipinski definition) is 0. The van der Waals surface area contributed by atoms with Gasteiger partial charge >= 0.3 is 0 Å². The van der Waals surface area contributed by atoms with Crippen molar-refractivity contribution >= 4 is 5.91 Å². The molecular formula is C21H22N4O2. The first kappa shape index (κ1) is 17.4. The molecule has 0 radical (unpaired) electrons. The van der Waals surface area contributed by atoms with Gasteiger partial charge in [-0.3, -0.25) is 9.78 Å². The van der Waals surface area contributed by atoms with Crippen LogP contribution < -0.4 is 0 Å². The Kier molecular flexibility index (Phi) is 4.48. The van der Waals surface area contributed by atoms with Gasteiger partial charge in [-0.05, 0) is 43.5 Å². The number of nitrogens with zero attached hydrogens (tertiary/aromatic N) is 4. The van der Waals surface area contributed by atoms with E-state index in [0.717, 1.165) is 22.3 Å². The first-order chi connectivity index (χ1) is 13.0. The summed E-state index contributed by atoms with van der Waals surface area (Å²) >= 11 is 0. The van der Waals surface area contributed by atoms with Gasteiger partial charge in [0.1, 0.15) is 0 Å². The van der Waals surface area contributed by atoms with Gasteiger partial charge in [0.05, 0.1) is 5.92 Å². The van der Waals surface area contributed by atoms with Crippen molar-refractivity contribution < 1.29 is 9.32 Å². The summed E-state index contributed by atoms with van der Waals surface area (Å²) in [5.41, 5.74) is 3.80. The molecule has 0 spiro atoms. The molecule has 4 rings (SSSR count). The minimum atomic E-state index is 0.0443. The van der Waals surface area contributed by atoms with Gasteiger partial charge in [0.15, 0.2) is 0 Å². The molecule has 138 valence electrons. The van der Waals surface area contributed by atoms with Crippen molar-refractivity contribution in [1.29, 1.82) is 0 Å². The molecule has 0 bridgehead atoms. The summed E-state index contributed by atoms with van der Waals surface area (Å²) in [7, 11) is 0. The Bertz CT molecular complexity index is 967. The number of rotatable bonds is 3. The monoisotopic (exact) mass is 362 g/mol. The van der Waals surface area contributed by atoms with Crippen molar-refractivity contribution in [2.45, 2.75) is 26.7 Å². The van der Waals surface area contributed by atoms with Crippen molar-refractivity contribution in [1.82, 2.24) is 20.0 Å². The van der Waals surface area contributed by atoms with Gasteiger partial charge in [-0.25, -0.2) is 0 Å². The molecule has 3 heterocycles. The van der Waals surface area contributed by atoms with Gasteiger partial charge in [0.25, 0.3) is 5.91 Å². The lowest BCUT2D eigenvalue weighted by atomic mass is 9.98. The van der Waals surface area contributed by atoms with Crippen LogP contribution in [0.25, 0.3) is 11.4 Å². The molecule has 27 heavy (non-hydrogen) atoms. The molecule has 2 aromatic heterocycles. The lowest BCUT2D eigenvalue weighted by Crippen LogP contribution is -2.29. The highest BCUT2D eigenvalue weighted by atomic mass is 16.5. The molecule has 1 aliphatic rings. The largest absolute Gasteiger partial charge is 0.339 e. The smallest absolute Gasteiger partial charge is 0.254 e. The van der Waals surface area contributed by atoms with Crippen LogP contribution in [0, 0.1) is 19.8 Å². The van der Waals surface area contributed by atoms with Crippen LogP contribution in [0.4, 0.5) is 0 Å². The number of carbonyl (C=O) groups excluding carboxylic acids is 1. The molecule has 1 saturated heterocycles. The second-order valence-corrected chi connectivity index (χ2v) is 7.30. The second kappa shape index (κ2) is 6.95. The zero-order valence-electron chi connectivity index (χ0n) is 15.7. The summed E-state index contributed by atoms with van der Waals surface area (Å²) in [6.07, 6.45) is 3.40. The summed E-state index contributed by atoms with van der Waals surface area (Å²) in [6.45, 7) is 7.41. The summed E-state index contributed by atoms with van der Waals surface area (Å²) in [5.74, 6) is 1.51. The molecule has 0 unspecified atom stereocenters. The summed E-state index contributed by atoms with van der Waals surface area (Å²) in [6, 6.07) is 9.64. The van der Waals surface area contributed by atoms with Crippen LogP contribution in [0.5, 0.6) is 0 Å². The number of carbonyl (C=O) groups is 1. The average molecular weight is 362 g/mol. The third kappa shape index (κ3) is 3.35. The molecule has 0 aliphatic carbocycles. The molecule has 0 N–H and O–H groups in total. The zero-order chi connectivity index (χ0) is 19.0. The number of aryl methyl sites for hydroxylation is 2. The highest BCUT2D eigenvalue weighted by molar-refractivity contribution is 5.96. The summed E-state index contributed by atoms with van der Waals surface area (Å²) in [5, 5.41) is 4.10. The number of likely N-dealkylation sites (tertiary alicyclic amines) is 1. The Morgan fingerprint density at radius 3 is 2.67 bits per heavy atom. The minimum absolute atomic E-state index is 0.0443. The Morgan fingerprint density at radius 1 is 1.15 bits per heavy atom.